The quantitative estimate of drug-likeness (QED) is 0.868. The molecule has 1 aromatic heterocycles. The SMILES string of the molecule is CCOC(=O)N[C@H](C(=O)Nc1nc(C)cs1)C(C)C. The fourth-order valence-electron chi connectivity index (χ4n) is 1.43. The number of hydrogen-bond donors (Lipinski definition) is 2. The molecule has 0 aliphatic carbocycles. The van der Waals surface area contributed by atoms with E-state index in [1.165, 1.54) is 11.3 Å². The number of carbonyl (C=O) groups is 2. The zero-order chi connectivity index (χ0) is 14.4. The average molecular weight is 285 g/mol. The van der Waals surface area contributed by atoms with Gasteiger partial charge in [-0.25, -0.2) is 9.78 Å². The third-order valence-corrected chi connectivity index (χ3v) is 3.22. The van der Waals surface area contributed by atoms with Crippen LogP contribution in [0.25, 0.3) is 0 Å². The van der Waals surface area contributed by atoms with Crippen molar-refractivity contribution < 1.29 is 14.3 Å². The molecular formula is C12H19N3O3S. The fourth-order valence-corrected chi connectivity index (χ4v) is 2.12. The lowest BCUT2D eigenvalue weighted by molar-refractivity contribution is -0.119. The Morgan fingerprint density at radius 1 is 1.47 bits per heavy atom. The number of aromatic nitrogens is 1. The van der Waals surface area contributed by atoms with Crippen LogP contribution in [0.1, 0.15) is 26.5 Å². The molecule has 6 nitrogen and oxygen atoms in total. The molecular weight excluding hydrogens is 266 g/mol. The molecule has 0 spiro atoms. The van der Waals surface area contributed by atoms with Crippen LogP contribution in [0, 0.1) is 12.8 Å². The highest BCUT2D eigenvalue weighted by Gasteiger charge is 2.25. The van der Waals surface area contributed by atoms with Gasteiger partial charge in [-0.3, -0.25) is 4.79 Å². The number of amides is 2. The van der Waals surface area contributed by atoms with Crippen molar-refractivity contribution in [2.24, 2.45) is 5.92 Å². The summed E-state index contributed by atoms with van der Waals surface area (Å²) in [5.41, 5.74) is 0.847. The van der Waals surface area contributed by atoms with Crippen LogP contribution in [-0.4, -0.2) is 29.6 Å². The van der Waals surface area contributed by atoms with Gasteiger partial charge in [0.2, 0.25) is 5.91 Å². The van der Waals surface area contributed by atoms with Crippen LogP contribution >= 0.6 is 11.3 Å². The topological polar surface area (TPSA) is 80.3 Å². The van der Waals surface area contributed by atoms with E-state index in [1.54, 1.807) is 6.92 Å². The molecule has 2 N–H and O–H groups in total. The number of aryl methyl sites for hydroxylation is 1. The minimum atomic E-state index is -0.650. The molecule has 0 fully saturated rings. The minimum Gasteiger partial charge on any atom is -0.450 e. The van der Waals surface area contributed by atoms with Crippen LogP contribution in [0.3, 0.4) is 0 Å². The normalized spacial score (nSPS) is 12.1. The van der Waals surface area contributed by atoms with Gasteiger partial charge in [0.15, 0.2) is 5.13 Å². The molecule has 1 heterocycles. The van der Waals surface area contributed by atoms with Gasteiger partial charge in [0.1, 0.15) is 6.04 Å². The minimum absolute atomic E-state index is 0.0505. The Balaban J connectivity index is 2.65. The lowest BCUT2D eigenvalue weighted by Gasteiger charge is -2.20. The van der Waals surface area contributed by atoms with E-state index in [4.69, 9.17) is 4.74 Å². The number of rotatable bonds is 5. The van der Waals surface area contributed by atoms with Gasteiger partial charge in [0, 0.05) is 5.38 Å². The summed E-state index contributed by atoms with van der Waals surface area (Å²) in [6.45, 7) is 7.53. The van der Waals surface area contributed by atoms with Crippen molar-refractivity contribution in [2.75, 3.05) is 11.9 Å². The van der Waals surface area contributed by atoms with Gasteiger partial charge in [-0.2, -0.15) is 0 Å². The van der Waals surface area contributed by atoms with Gasteiger partial charge in [0.25, 0.3) is 0 Å². The third-order valence-electron chi connectivity index (χ3n) is 2.35. The maximum Gasteiger partial charge on any atom is 0.407 e. The highest BCUT2D eigenvalue weighted by molar-refractivity contribution is 7.13. The van der Waals surface area contributed by atoms with Gasteiger partial charge in [-0.05, 0) is 19.8 Å². The molecule has 1 atom stereocenters. The van der Waals surface area contributed by atoms with Crippen LogP contribution < -0.4 is 10.6 Å². The first kappa shape index (κ1) is 15.4. The van der Waals surface area contributed by atoms with Gasteiger partial charge in [0.05, 0.1) is 12.3 Å². The molecule has 0 aromatic carbocycles. The number of nitrogens with zero attached hydrogens (tertiary/aromatic N) is 1. The first-order valence-corrected chi connectivity index (χ1v) is 6.98. The number of thiazole rings is 1. The molecule has 1 rings (SSSR count). The molecule has 0 bridgehead atoms. The van der Waals surface area contributed by atoms with E-state index in [1.807, 2.05) is 26.2 Å². The summed E-state index contributed by atoms with van der Waals surface area (Å²) < 4.78 is 4.78. The second-order valence-corrected chi connectivity index (χ2v) is 5.23. The highest BCUT2D eigenvalue weighted by atomic mass is 32.1. The first-order valence-electron chi connectivity index (χ1n) is 6.10. The lowest BCUT2D eigenvalue weighted by Crippen LogP contribution is -2.47. The number of ether oxygens (including phenoxy) is 1. The zero-order valence-corrected chi connectivity index (χ0v) is 12.3. The Hall–Kier alpha value is -1.63. The molecule has 0 saturated carbocycles. The lowest BCUT2D eigenvalue weighted by atomic mass is 10.0. The molecule has 0 aliphatic heterocycles. The van der Waals surface area contributed by atoms with Gasteiger partial charge in [-0.15, -0.1) is 11.3 Å². The molecule has 106 valence electrons. The summed E-state index contributed by atoms with van der Waals surface area (Å²) in [5, 5.41) is 7.61. The van der Waals surface area contributed by atoms with E-state index < -0.39 is 12.1 Å². The van der Waals surface area contributed by atoms with Crippen molar-refractivity contribution in [2.45, 2.75) is 33.7 Å². The Bertz CT molecular complexity index is 445. The Morgan fingerprint density at radius 3 is 2.63 bits per heavy atom. The number of anilines is 1. The van der Waals surface area contributed by atoms with Crippen molar-refractivity contribution in [3.05, 3.63) is 11.1 Å². The molecule has 1 aromatic rings. The standard InChI is InChI=1S/C12H19N3O3S/c1-5-18-12(17)14-9(7(2)3)10(16)15-11-13-8(4)6-19-11/h6-7,9H,5H2,1-4H3,(H,14,17)(H,13,15,16)/t9-/m0/s1. The average Bonchev–Trinajstić information content (AvgIpc) is 2.71. The molecule has 0 radical (unpaired) electrons. The smallest absolute Gasteiger partial charge is 0.407 e. The van der Waals surface area contributed by atoms with Crippen LogP contribution in [0.5, 0.6) is 0 Å². The Morgan fingerprint density at radius 2 is 2.16 bits per heavy atom. The monoisotopic (exact) mass is 285 g/mol. The molecule has 0 aliphatic rings. The highest BCUT2D eigenvalue weighted by Crippen LogP contribution is 2.15. The van der Waals surface area contributed by atoms with Crippen LogP contribution in [0.4, 0.5) is 9.93 Å². The zero-order valence-electron chi connectivity index (χ0n) is 11.5. The number of carbonyl (C=O) groups excluding carboxylic acids is 2. The van der Waals surface area contributed by atoms with Crippen molar-refractivity contribution in [3.8, 4) is 0 Å². The van der Waals surface area contributed by atoms with Gasteiger partial charge in [-0.1, -0.05) is 13.8 Å². The predicted molar refractivity (Wildman–Crippen MR) is 74.3 cm³/mol. The Labute approximate surface area is 116 Å². The second-order valence-electron chi connectivity index (χ2n) is 4.37. The van der Waals surface area contributed by atoms with Crippen molar-refractivity contribution in [1.29, 1.82) is 0 Å². The molecule has 2 amide bonds. The third kappa shape index (κ3) is 4.86. The van der Waals surface area contributed by atoms with E-state index in [0.717, 1.165) is 5.69 Å². The summed E-state index contributed by atoms with van der Waals surface area (Å²) in [5.74, 6) is -0.345. The fraction of sp³-hybridized carbons (Fsp3) is 0.583. The van der Waals surface area contributed by atoms with Crippen molar-refractivity contribution in [3.63, 3.8) is 0 Å². The molecule has 7 heteroatoms. The van der Waals surface area contributed by atoms with E-state index in [9.17, 15) is 9.59 Å². The predicted octanol–water partition coefficient (Wildman–Crippen LogP) is 2.16. The maximum absolute atomic E-state index is 12.1. The van der Waals surface area contributed by atoms with E-state index >= 15 is 0 Å². The van der Waals surface area contributed by atoms with Gasteiger partial charge < -0.3 is 15.4 Å². The summed E-state index contributed by atoms with van der Waals surface area (Å²) in [4.78, 5) is 27.6. The van der Waals surface area contributed by atoms with Crippen molar-refractivity contribution in [1.82, 2.24) is 10.3 Å². The van der Waals surface area contributed by atoms with Gasteiger partial charge >= 0.3 is 6.09 Å². The number of hydrogen-bond acceptors (Lipinski definition) is 5. The van der Waals surface area contributed by atoms with E-state index in [2.05, 4.69) is 15.6 Å². The largest absolute Gasteiger partial charge is 0.450 e. The maximum atomic E-state index is 12.1. The van der Waals surface area contributed by atoms with E-state index in [0.29, 0.717) is 5.13 Å². The van der Waals surface area contributed by atoms with Crippen LogP contribution in [0.15, 0.2) is 5.38 Å². The Kier molecular flexibility index (Phi) is 5.75. The first-order chi connectivity index (χ1) is 8.93. The summed E-state index contributed by atoms with van der Waals surface area (Å²) in [6, 6.07) is -0.650. The summed E-state index contributed by atoms with van der Waals surface area (Å²) in [6.07, 6.45) is -0.591. The molecule has 0 saturated heterocycles. The number of alkyl carbamates (subject to hydrolysis) is 1. The second kappa shape index (κ2) is 7.08. The van der Waals surface area contributed by atoms with Crippen molar-refractivity contribution >= 4 is 28.5 Å². The van der Waals surface area contributed by atoms with E-state index in [-0.39, 0.29) is 18.4 Å². The summed E-state index contributed by atoms with van der Waals surface area (Å²) in [7, 11) is 0. The van der Waals surface area contributed by atoms with Crippen LogP contribution in [-0.2, 0) is 9.53 Å². The summed E-state index contributed by atoms with van der Waals surface area (Å²) >= 11 is 1.35. The molecule has 0 unspecified atom stereocenters. The molecule has 19 heavy (non-hydrogen) atoms. The van der Waals surface area contributed by atoms with Crippen LogP contribution in [0.2, 0.25) is 0 Å². The number of nitrogens with one attached hydrogen (secondary N) is 2.